The van der Waals surface area contributed by atoms with Crippen LogP contribution in [0.3, 0.4) is 0 Å². The van der Waals surface area contributed by atoms with E-state index in [1.54, 1.807) is 24.4 Å². The summed E-state index contributed by atoms with van der Waals surface area (Å²) in [5.41, 5.74) is 9.30. The Labute approximate surface area is 111 Å². The fourth-order valence-electron chi connectivity index (χ4n) is 1.62. The Hall–Kier alpha value is -2.56. The maximum atomic E-state index is 11.4. The van der Waals surface area contributed by atoms with E-state index < -0.39 is 5.97 Å². The largest absolute Gasteiger partial charge is 0.465 e. The van der Waals surface area contributed by atoms with E-state index in [0.717, 1.165) is 17.1 Å². The molecule has 5 nitrogen and oxygen atoms in total. The standard InChI is InChI=1S/C14H15N3O2/c1-9-3-5-11(8-16-9)17-13-6-4-10(7-12(13)15)14(18)19-2/h3-8,17H,15H2,1-2H3. The Morgan fingerprint density at radius 1 is 1.32 bits per heavy atom. The van der Waals surface area contributed by atoms with Crippen LogP contribution in [0.15, 0.2) is 36.5 Å². The van der Waals surface area contributed by atoms with Crippen molar-refractivity contribution >= 4 is 23.0 Å². The predicted molar refractivity (Wildman–Crippen MR) is 74.5 cm³/mol. The summed E-state index contributed by atoms with van der Waals surface area (Å²) >= 11 is 0. The smallest absolute Gasteiger partial charge is 0.337 e. The van der Waals surface area contributed by atoms with Crippen molar-refractivity contribution in [1.29, 1.82) is 0 Å². The van der Waals surface area contributed by atoms with Crippen LogP contribution in [0.25, 0.3) is 0 Å². The van der Waals surface area contributed by atoms with E-state index in [1.807, 2.05) is 19.1 Å². The van der Waals surface area contributed by atoms with Crippen LogP contribution in [0.4, 0.5) is 17.1 Å². The summed E-state index contributed by atoms with van der Waals surface area (Å²) in [7, 11) is 1.34. The van der Waals surface area contributed by atoms with Crippen LogP contribution in [0, 0.1) is 6.92 Å². The van der Waals surface area contributed by atoms with Gasteiger partial charge in [-0.05, 0) is 37.3 Å². The van der Waals surface area contributed by atoms with Gasteiger partial charge in [0.2, 0.25) is 0 Å². The van der Waals surface area contributed by atoms with E-state index in [9.17, 15) is 4.79 Å². The van der Waals surface area contributed by atoms with Crippen LogP contribution in [0.5, 0.6) is 0 Å². The summed E-state index contributed by atoms with van der Waals surface area (Å²) in [5, 5.41) is 3.14. The van der Waals surface area contributed by atoms with E-state index in [1.165, 1.54) is 7.11 Å². The highest BCUT2D eigenvalue weighted by Gasteiger charge is 2.08. The molecule has 0 bridgehead atoms. The topological polar surface area (TPSA) is 77.2 Å². The second-order valence-corrected chi connectivity index (χ2v) is 4.11. The molecule has 1 heterocycles. The Kier molecular flexibility index (Phi) is 3.66. The van der Waals surface area contributed by atoms with Gasteiger partial charge in [0.05, 0.1) is 35.9 Å². The molecule has 0 aliphatic carbocycles. The molecule has 0 fully saturated rings. The zero-order valence-electron chi connectivity index (χ0n) is 10.8. The number of rotatable bonds is 3. The van der Waals surface area contributed by atoms with Crippen LogP contribution < -0.4 is 11.1 Å². The van der Waals surface area contributed by atoms with Crippen LogP contribution in [-0.2, 0) is 4.74 Å². The van der Waals surface area contributed by atoms with Crippen molar-refractivity contribution in [2.45, 2.75) is 6.92 Å². The second kappa shape index (κ2) is 5.39. The molecule has 0 spiro atoms. The van der Waals surface area contributed by atoms with Crippen molar-refractivity contribution in [1.82, 2.24) is 4.98 Å². The molecule has 0 atom stereocenters. The van der Waals surface area contributed by atoms with Gasteiger partial charge >= 0.3 is 5.97 Å². The van der Waals surface area contributed by atoms with Gasteiger partial charge in [0, 0.05) is 5.69 Å². The van der Waals surface area contributed by atoms with Gasteiger partial charge in [-0.2, -0.15) is 0 Å². The SMILES string of the molecule is COC(=O)c1ccc(Nc2ccc(C)nc2)c(N)c1. The fourth-order valence-corrected chi connectivity index (χ4v) is 1.62. The average Bonchev–Trinajstić information content (AvgIpc) is 2.42. The molecular weight excluding hydrogens is 242 g/mol. The molecule has 0 unspecified atom stereocenters. The van der Waals surface area contributed by atoms with Gasteiger partial charge < -0.3 is 15.8 Å². The third-order valence-electron chi connectivity index (χ3n) is 2.66. The van der Waals surface area contributed by atoms with Crippen molar-refractivity contribution in [2.75, 3.05) is 18.2 Å². The molecule has 0 saturated carbocycles. The number of benzene rings is 1. The molecule has 1 aromatic heterocycles. The number of pyridine rings is 1. The first-order valence-electron chi connectivity index (χ1n) is 5.77. The molecule has 2 rings (SSSR count). The molecule has 0 aliphatic rings. The highest BCUT2D eigenvalue weighted by atomic mass is 16.5. The molecule has 0 aliphatic heterocycles. The normalized spacial score (nSPS) is 10.0. The number of carbonyl (C=O) groups excluding carboxylic acids is 1. The van der Waals surface area contributed by atoms with Gasteiger partial charge in [-0.15, -0.1) is 0 Å². The van der Waals surface area contributed by atoms with E-state index in [4.69, 9.17) is 5.73 Å². The Morgan fingerprint density at radius 3 is 2.68 bits per heavy atom. The second-order valence-electron chi connectivity index (χ2n) is 4.11. The van der Waals surface area contributed by atoms with Crippen molar-refractivity contribution in [2.24, 2.45) is 0 Å². The zero-order chi connectivity index (χ0) is 13.8. The molecule has 98 valence electrons. The number of nitrogens with zero attached hydrogens (tertiary/aromatic N) is 1. The minimum Gasteiger partial charge on any atom is -0.465 e. The van der Waals surface area contributed by atoms with Gasteiger partial charge in [0.25, 0.3) is 0 Å². The van der Waals surface area contributed by atoms with Gasteiger partial charge in [-0.1, -0.05) is 0 Å². The first-order valence-corrected chi connectivity index (χ1v) is 5.77. The Morgan fingerprint density at radius 2 is 2.11 bits per heavy atom. The van der Waals surface area contributed by atoms with Gasteiger partial charge in [-0.3, -0.25) is 4.98 Å². The molecular formula is C14H15N3O2. The number of hydrogen-bond donors (Lipinski definition) is 2. The van der Waals surface area contributed by atoms with Crippen molar-refractivity contribution in [3.63, 3.8) is 0 Å². The van der Waals surface area contributed by atoms with Crippen LogP contribution in [-0.4, -0.2) is 18.1 Å². The highest BCUT2D eigenvalue weighted by molar-refractivity contribution is 5.92. The summed E-state index contributed by atoms with van der Waals surface area (Å²) in [6, 6.07) is 8.79. The maximum absolute atomic E-state index is 11.4. The highest BCUT2D eigenvalue weighted by Crippen LogP contribution is 2.24. The lowest BCUT2D eigenvalue weighted by Gasteiger charge is -2.10. The van der Waals surface area contributed by atoms with E-state index in [2.05, 4.69) is 15.0 Å². The van der Waals surface area contributed by atoms with E-state index in [-0.39, 0.29) is 0 Å². The summed E-state index contributed by atoms with van der Waals surface area (Å²) in [6.07, 6.45) is 1.73. The molecule has 0 amide bonds. The Balaban J connectivity index is 2.22. The lowest BCUT2D eigenvalue weighted by molar-refractivity contribution is 0.0601. The fraction of sp³-hybridized carbons (Fsp3) is 0.143. The van der Waals surface area contributed by atoms with Crippen molar-refractivity contribution < 1.29 is 9.53 Å². The van der Waals surface area contributed by atoms with Gasteiger partial charge in [-0.25, -0.2) is 4.79 Å². The van der Waals surface area contributed by atoms with Gasteiger partial charge in [0.15, 0.2) is 0 Å². The summed E-state index contributed by atoms with van der Waals surface area (Å²) in [4.78, 5) is 15.6. The number of carbonyl (C=O) groups is 1. The summed E-state index contributed by atoms with van der Waals surface area (Å²) in [6.45, 7) is 1.92. The molecule has 5 heteroatoms. The number of aryl methyl sites for hydroxylation is 1. The summed E-state index contributed by atoms with van der Waals surface area (Å²) < 4.78 is 4.64. The number of nitrogen functional groups attached to an aromatic ring is 1. The third-order valence-corrected chi connectivity index (χ3v) is 2.66. The molecule has 0 radical (unpaired) electrons. The molecule has 3 N–H and O–H groups in total. The van der Waals surface area contributed by atoms with Crippen LogP contribution in [0.2, 0.25) is 0 Å². The van der Waals surface area contributed by atoms with Crippen molar-refractivity contribution in [3.8, 4) is 0 Å². The minimum atomic E-state index is -0.407. The van der Waals surface area contributed by atoms with Crippen LogP contribution >= 0.6 is 0 Å². The molecule has 19 heavy (non-hydrogen) atoms. The van der Waals surface area contributed by atoms with E-state index >= 15 is 0 Å². The third kappa shape index (κ3) is 3.01. The average molecular weight is 257 g/mol. The summed E-state index contributed by atoms with van der Waals surface area (Å²) in [5.74, 6) is -0.407. The number of anilines is 3. The van der Waals surface area contributed by atoms with Crippen molar-refractivity contribution in [3.05, 3.63) is 47.8 Å². The Bertz CT molecular complexity index is 594. The number of nitrogens with one attached hydrogen (secondary N) is 1. The zero-order valence-corrected chi connectivity index (χ0v) is 10.8. The van der Waals surface area contributed by atoms with Gasteiger partial charge in [0.1, 0.15) is 0 Å². The number of ether oxygens (including phenoxy) is 1. The number of esters is 1. The number of nitrogens with two attached hydrogens (primary N) is 1. The quantitative estimate of drug-likeness (QED) is 0.652. The number of aromatic nitrogens is 1. The molecule has 2 aromatic rings. The number of methoxy groups -OCH3 is 1. The lowest BCUT2D eigenvalue weighted by Crippen LogP contribution is -2.04. The lowest BCUT2D eigenvalue weighted by atomic mass is 10.1. The molecule has 0 saturated heterocycles. The number of hydrogen-bond acceptors (Lipinski definition) is 5. The predicted octanol–water partition coefficient (Wildman–Crippen LogP) is 2.50. The monoisotopic (exact) mass is 257 g/mol. The minimum absolute atomic E-state index is 0.407. The van der Waals surface area contributed by atoms with E-state index in [0.29, 0.717) is 11.3 Å². The first-order chi connectivity index (χ1) is 9.10. The molecule has 1 aromatic carbocycles. The van der Waals surface area contributed by atoms with Crippen LogP contribution in [0.1, 0.15) is 16.1 Å². The maximum Gasteiger partial charge on any atom is 0.337 e. The first kappa shape index (κ1) is 12.9.